The van der Waals surface area contributed by atoms with Gasteiger partial charge < -0.3 is 9.88 Å². The number of carbonyl (C=O) groups excluding carboxylic acids is 1. The van der Waals surface area contributed by atoms with E-state index in [-0.39, 0.29) is 22.9 Å². The van der Waals surface area contributed by atoms with Crippen molar-refractivity contribution in [1.82, 2.24) is 29.9 Å². The first-order valence-corrected chi connectivity index (χ1v) is 11.2. The van der Waals surface area contributed by atoms with E-state index in [4.69, 9.17) is 4.98 Å². The maximum atomic E-state index is 12.8. The first kappa shape index (κ1) is 21.1. The molecular formula is C25H26N6O2. The van der Waals surface area contributed by atoms with Crippen LogP contribution in [0, 0.1) is 13.8 Å². The third-order valence-electron chi connectivity index (χ3n) is 6.31. The number of rotatable bonds is 4. The maximum Gasteiger partial charge on any atom is 0.281 e. The normalized spacial score (nSPS) is 14.7. The standard InChI is InChI=1S/C25H26N6O2/c1-16-3-7-18(8-4-16)15-31-23-21(28-29-31)24(32)27-22(26-23)19-11-13-30(14-12-19)25(33)20-9-5-17(2)6-10-20/h3-10,19H,11-15H2,1-2H3,(H,26,27,32). The lowest BCUT2D eigenvalue weighted by molar-refractivity contribution is 0.0711. The van der Waals surface area contributed by atoms with Crippen LogP contribution in [0.4, 0.5) is 0 Å². The summed E-state index contributed by atoms with van der Waals surface area (Å²) in [5.74, 6) is 0.764. The van der Waals surface area contributed by atoms with Crippen molar-refractivity contribution in [3.05, 3.63) is 87.0 Å². The number of aromatic amines is 1. The molecular weight excluding hydrogens is 416 g/mol. The van der Waals surface area contributed by atoms with Gasteiger partial charge in [-0.15, -0.1) is 5.10 Å². The molecule has 0 radical (unpaired) electrons. The Kier molecular flexibility index (Phi) is 5.50. The summed E-state index contributed by atoms with van der Waals surface area (Å²) in [4.78, 5) is 35.0. The van der Waals surface area contributed by atoms with E-state index in [1.807, 2.05) is 67.3 Å². The highest BCUT2D eigenvalue weighted by atomic mass is 16.2. The molecule has 1 saturated heterocycles. The number of amides is 1. The summed E-state index contributed by atoms with van der Waals surface area (Å²) in [6.07, 6.45) is 1.48. The van der Waals surface area contributed by atoms with E-state index in [1.54, 1.807) is 4.68 Å². The van der Waals surface area contributed by atoms with Crippen LogP contribution in [0.5, 0.6) is 0 Å². The molecule has 0 spiro atoms. The molecule has 2 aromatic heterocycles. The third kappa shape index (κ3) is 4.28. The summed E-state index contributed by atoms with van der Waals surface area (Å²) in [7, 11) is 0. The Bertz CT molecular complexity index is 1350. The van der Waals surface area contributed by atoms with Crippen molar-refractivity contribution < 1.29 is 4.79 Å². The minimum absolute atomic E-state index is 0.0470. The number of aryl methyl sites for hydroxylation is 2. The highest BCUT2D eigenvalue weighted by molar-refractivity contribution is 5.94. The second-order valence-electron chi connectivity index (χ2n) is 8.79. The molecule has 8 heteroatoms. The van der Waals surface area contributed by atoms with Gasteiger partial charge in [-0.3, -0.25) is 9.59 Å². The molecule has 1 aliphatic rings. The molecule has 1 fully saturated rings. The van der Waals surface area contributed by atoms with Gasteiger partial charge in [0.25, 0.3) is 11.5 Å². The number of hydrogen-bond acceptors (Lipinski definition) is 5. The van der Waals surface area contributed by atoms with Gasteiger partial charge in [-0.25, -0.2) is 9.67 Å². The summed E-state index contributed by atoms with van der Waals surface area (Å²) in [5, 5.41) is 8.21. The van der Waals surface area contributed by atoms with Crippen LogP contribution in [-0.4, -0.2) is 48.9 Å². The van der Waals surface area contributed by atoms with Crippen molar-refractivity contribution in [2.75, 3.05) is 13.1 Å². The Morgan fingerprint density at radius 3 is 2.30 bits per heavy atom. The van der Waals surface area contributed by atoms with Crippen LogP contribution in [0.25, 0.3) is 11.2 Å². The van der Waals surface area contributed by atoms with Crippen molar-refractivity contribution in [3.63, 3.8) is 0 Å². The van der Waals surface area contributed by atoms with Gasteiger partial charge in [-0.1, -0.05) is 52.7 Å². The van der Waals surface area contributed by atoms with Crippen LogP contribution < -0.4 is 5.56 Å². The SMILES string of the molecule is Cc1ccc(Cn2nnc3c(=O)[nH]c(C4CCN(C(=O)c5ccc(C)cc5)CC4)nc32)cc1. The Hall–Kier alpha value is -3.81. The van der Waals surface area contributed by atoms with Crippen LogP contribution >= 0.6 is 0 Å². The zero-order valence-electron chi connectivity index (χ0n) is 18.8. The van der Waals surface area contributed by atoms with Gasteiger partial charge in [0.05, 0.1) is 6.54 Å². The van der Waals surface area contributed by atoms with Crippen LogP contribution in [0.15, 0.2) is 53.3 Å². The molecule has 1 amide bonds. The van der Waals surface area contributed by atoms with E-state index in [9.17, 15) is 9.59 Å². The number of carbonyl (C=O) groups is 1. The number of likely N-dealkylation sites (tertiary alicyclic amines) is 1. The summed E-state index contributed by atoms with van der Waals surface area (Å²) in [6, 6.07) is 15.8. The predicted molar refractivity (Wildman–Crippen MR) is 125 cm³/mol. The van der Waals surface area contributed by atoms with Crippen molar-refractivity contribution in [2.45, 2.75) is 39.2 Å². The largest absolute Gasteiger partial charge is 0.339 e. The summed E-state index contributed by atoms with van der Waals surface area (Å²) < 4.78 is 1.68. The summed E-state index contributed by atoms with van der Waals surface area (Å²) in [6.45, 7) is 5.80. The quantitative estimate of drug-likeness (QED) is 0.524. The smallest absolute Gasteiger partial charge is 0.281 e. The molecule has 4 aromatic rings. The molecule has 1 aliphatic heterocycles. The van der Waals surface area contributed by atoms with Crippen molar-refractivity contribution in [2.24, 2.45) is 0 Å². The third-order valence-corrected chi connectivity index (χ3v) is 6.31. The zero-order valence-corrected chi connectivity index (χ0v) is 18.8. The van der Waals surface area contributed by atoms with Crippen LogP contribution in [0.2, 0.25) is 0 Å². The topological polar surface area (TPSA) is 96.8 Å². The van der Waals surface area contributed by atoms with E-state index < -0.39 is 0 Å². The summed E-state index contributed by atoms with van der Waals surface area (Å²) >= 11 is 0. The molecule has 168 valence electrons. The Balaban J connectivity index is 1.34. The lowest BCUT2D eigenvalue weighted by atomic mass is 9.95. The lowest BCUT2D eigenvalue weighted by Gasteiger charge is -2.31. The van der Waals surface area contributed by atoms with Gasteiger partial charge >= 0.3 is 0 Å². The number of nitrogens with zero attached hydrogens (tertiary/aromatic N) is 5. The number of piperidine rings is 1. The second-order valence-corrected chi connectivity index (χ2v) is 8.79. The van der Waals surface area contributed by atoms with E-state index in [2.05, 4.69) is 15.3 Å². The molecule has 0 unspecified atom stereocenters. The number of fused-ring (bicyclic) bond motifs is 1. The lowest BCUT2D eigenvalue weighted by Crippen LogP contribution is -2.38. The first-order valence-electron chi connectivity index (χ1n) is 11.2. The molecule has 1 N–H and O–H groups in total. The predicted octanol–water partition coefficient (Wildman–Crippen LogP) is 3.20. The van der Waals surface area contributed by atoms with Gasteiger partial charge in [-0.2, -0.15) is 0 Å². The molecule has 0 atom stereocenters. The zero-order chi connectivity index (χ0) is 22.9. The Morgan fingerprint density at radius 1 is 1.00 bits per heavy atom. The fourth-order valence-electron chi connectivity index (χ4n) is 4.28. The molecule has 8 nitrogen and oxygen atoms in total. The van der Waals surface area contributed by atoms with E-state index >= 15 is 0 Å². The monoisotopic (exact) mass is 442 g/mol. The van der Waals surface area contributed by atoms with Crippen LogP contribution in [-0.2, 0) is 6.54 Å². The molecule has 33 heavy (non-hydrogen) atoms. The fraction of sp³-hybridized carbons (Fsp3) is 0.320. The molecule has 0 saturated carbocycles. The second kappa shape index (κ2) is 8.61. The van der Waals surface area contributed by atoms with Crippen molar-refractivity contribution in [1.29, 1.82) is 0 Å². The Labute approximate surface area is 191 Å². The van der Waals surface area contributed by atoms with Gasteiger partial charge in [0.15, 0.2) is 11.2 Å². The average molecular weight is 443 g/mol. The molecule has 0 aliphatic carbocycles. The van der Waals surface area contributed by atoms with Gasteiger partial charge in [0.1, 0.15) is 5.82 Å². The molecule has 0 bridgehead atoms. The van der Waals surface area contributed by atoms with Crippen LogP contribution in [0.3, 0.4) is 0 Å². The van der Waals surface area contributed by atoms with Crippen LogP contribution in [0.1, 0.15) is 51.6 Å². The van der Waals surface area contributed by atoms with Crippen molar-refractivity contribution in [3.8, 4) is 0 Å². The van der Waals surface area contributed by atoms with Gasteiger partial charge in [0.2, 0.25) is 0 Å². The number of nitrogens with one attached hydrogen (secondary N) is 1. The minimum atomic E-state index is -0.275. The number of H-pyrrole nitrogens is 1. The highest BCUT2D eigenvalue weighted by Gasteiger charge is 2.27. The van der Waals surface area contributed by atoms with E-state index in [0.29, 0.717) is 36.7 Å². The summed E-state index contributed by atoms with van der Waals surface area (Å²) in [5.41, 5.74) is 4.56. The molecule has 2 aromatic carbocycles. The maximum absolute atomic E-state index is 12.8. The number of benzene rings is 2. The molecule has 5 rings (SSSR count). The Morgan fingerprint density at radius 2 is 1.64 bits per heavy atom. The fourth-order valence-corrected chi connectivity index (χ4v) is 4.28. The average Bonchev–Trinajstić information content (AvgIpc) is 3.24. The number of aromatic nitrogens is 5. The highest BCUT2D eigenvalue weighted by Crippen LogP contribution is 2.26. The van der Waals surface area contributed by atoms with E-state index in [0.717, 1.165) is 24.0 Å². The first-order chi connectivity index (χ1) is 16.0. The van der Waals surface area contributed by atoms with Gasteiger partial charge in [-0.05, 0) is 44.4 Å². The molecule has 3 heterocycles. The van der Waals surface area contributed by atoms with E-state index in [1.165, 1.54) is 5.56 Å². The minimum Gasteiger partial charge on any atom is -0.339 e. The van der Waals surface area contributed by atoms with Gasteiger partial charge in [0, 0.05) is 24.6 Å². The van der Waals surface area contributed by atoms with Crippen molar-refractivity contribution >= 4 is 17.1 Å². The number of hydrogen-bond donors (Lipinski definition) is 1.